The van der Waals surface area contributed by atoms with Crippen LogP contribution in [0.3, 0.4) is 0 Å². The summed E-state index contributed by atoms with van der Waals surface area (Å²) in [6, 6.07) is 7.93. The minimum atomic E-state index is -0.401. The van der Waals surface area contributed by atoms with Crippen LogP contribution >= 0.6 is 24.0 Å². The summed E-state index contributed by atoms with van der Waals surface area (Å²) in [4.78, 5) is 20.4. The summed E-state index contributed by atoms with van der Waals surface area (Å²) < 4.78 is 5.45. The molecule has 2 heterocycles. The van der Waals surface area contributed by atoms with E-state index in [2.05, 4.69) is 20.1 Å². The highest BCUT2D eigenvalue weighted by atomic mass is 127. The van der Waals surface area contributed by atoms with Gasteiger partial charge in [0.15, 0.2) is 5.96 Å². The van der Waals surface area contributed by atoms with Crippen LogP contribution in [-0.2, 0) is 11.3 Å². The number of hydrogen-bond acceptors (Lipinski definition) is 4. The Balaban J connectivity index is 0.00000243. The predicted molar refractivity (Wildman–Crippen MR) is 113 cm³/mol. The normalized spacial score (nSPS) is 21.3. The van der Waals surface area contributed by atoms with Crippen LogP contribution in [0.4, 0.5) is 0 Å². The first kappa shape index (κ1) is 20.9. The smallest absolute Gasteiger partial charge is 0.248 e. The van der Waals surface area contributed by atoms with E-state index in [9.17, 15) is 4.79 Å². The van der Waals surface area contributed by atoms with E-state index in [1.807, 2.05) is 19.2 Å². The number of carbonyl (C=O) groups excluding carboxylic acids is 1. The lowest BCUT2D eigenvalue weighted by molar-refractivity contribution is 0.0195. The number of nitrogens with zero attached hydrogens (tertiary/aromatic N) is 3. The Morgan fingerprint density at radius 1 is 1.27 bits per heavy atom. The van der Waals surface area contributed by atoms with Gasteiger partial charge in [-0.15, -0.1) is 24.0 Å². The number of benzene rings is 1. The van der Waals surface area contributed by atoms with E-state index >= 15 is 0 Å². The molecular formula is C18H28IN5O2. The van der Waals surface area contributed by atoms with Gasteiger partial charge in [-0.05, 0) is 24.1 Å². The predicted octanol–water partition coefficient (Wildman–Crippen LogP) is 0.885. The van der Waals surface area contributed by atoms with Gasteiger partial charge in [0.05, 0.1) is 13.2 Å². The summed E-state index contributed by atoms with van der Waals surface area (Å²) in [6.45, 7) is 6.41. The third-order valence-electron chi connectivity index (χ3n) is 4.93. The second-order valence-corrected chi connectivity index (χ2v) is 6.50. The second kappa shape index (κ2) is 10.1. The molecule has 1 aromatic carbocycles. The van der Waals surface area contributed by atoms with Crippen molar-refractivity contribution in [3.05, 3.63) is 35.4 Å². The topological polar surface area (TPSA) is 83.2 Å². The molecule has 3 rings (SSSR count). The summed E-state index contributed by atoms with van der Waals surface area (Å²) in [5.41, 5.74) is 6.89. The number of primary amides is 1. The molecule has 0 saturated carbocycles. The molecule has 2 aliphatic rings. The van der Waals surface area contributed by atoms with Crippen LogP contribution in [0.15, 0.2) is 29.3 Å². The fourth-order valence-corrected chi connectivity index (χ4v) is 3.48. The van der Waals surface area contributed by atoms with E-state index < -0.39 is 5.91 Å². The van der Waals surface area contributed by atoms with Gasteiger partial charge in [0.1, 0.15) is 0 Å². The van der Waals surface area contributed by atoms with Gasteiger partial charge in [-0.2, -0.15) is 0 Å². The number of nitrogens with two attached hydrogens (primary N) is 1. The Hall–Kier alpha value is -1.39. The van der Waals surface area contributed by atoms with E-state index in [0.717, 1.165) is 57.3 Å². The second-order valence-electron chi connectivity index (χ2n) is 6.50. The molecule has 2 saturated heterocycles. The lowest BCUT2D eigenvalue weighted by Gasteiger charge is -2.32. The molecule has 2 aliphatic heterocycles. The number of guanidine groups is 1. The number of aliphatic imine (C=N–C) groups is 1. The zero-order valence-electron chi connectivity index (χ0n) is 15.2. The first-order chi connectivity index (χ1) is 12.2. The van der Waals surface area contributed by atoms with Crippen molar-refractivity contribution in [2.75, 3.05) is 46.4 Å². The van der Waals surface area contributed by atoms with Crippen molar-refractivity contribution in [3.63, 3.8) is 0 Å². The first-order valence-electron chi connectivity index (χ1n) is 8.83. The molecule has 0 radical (unpaired) electrons. The van der Waals surface area contributed by atoms with Gasteiger partial charge in [-0.3, -0.25) is 14.7 Å². The summed E-state index contributed by atoms with van der Waals surface area (Å²) >= 11 is 0. The Labute approximate surface area is 172 Å². The van der Waals surface area contributed by atoms with Crippen molar-refractivity contribution in [1.82, 2.24) is 15.1 Å². The maximum absolute atomic E-state index is 11.1. The molecule has 0 bridgehead atoms. The zero-order chi connectivity index (χ0) is 17.6. The van der Waals surface area contributed by atoms with Crippen molar-refractivity contribution in [2.24, 2.45) is 10.7 Å². The van der Waals surface area contributed by atoms with Gasteiger partial charge in [0, 0.05) is 51.4 Å². The van der Waals surface area contributed by atoms with Gasteiger partial charge in [0.25, 0.3) is 0 Å². The zero-order valence-corrected chi connectivity index (χ0v) is 17.5. The highest BCUT2D eigenvalue weighted by molar-refractivity contribution is 14.0. The monoisotopic (exact) mass is 473 g/mol. The third kappa shape index (κ3) is 5.31. The van der Waals surface area contributed by atoms with Crippen molar-refractivity contribution in [1.29, 1.82) is 0 Å². The van der Waals surface area contributed by atoms with Gasteiger partial charge in [-0.25, -0.2) is 0 Å². The van der Waals surface area contributed by atoms with Gasteiger partial charge < -0.3 is 20.7 Å². The van der Waals surface area contributed by atoms with Crippen LogP contribution in [0.5, 0.6) is 0 Å². The number of likely N-dealkylation sites (tertiary alicyclic amines) is 1. The minimum absolute atomic E-state index is 0. The molecule has 144 valence electrons. The number of nitrogens with one attached hydrogen (secondary N) is 1. The number of hydrogen-bond donors (Lipinski definition) is 2. The van der Waals surface area contributed by atoms with E-state index in [1.165, 1.54) is 0 Å². The molecule has 0 aromatic heterocycles. The SMILES string of the molecule is CN=C(NCc1ccc(C(N)=O)cc1)N1CCC(N2CCOCC2)C1.I. The fraction of sp³-hybridized carbons (Fsp3) is 0.556. The molecule has 8 heteroatoms. The molecule has 0 aliphatic carbocycles. The molecule has 3 N–H and O–H groups in total. The summed E-state index contributed by atoms with van der Waals surface area (Å²) in [5.74, 6) is 0.524. The summed E-state index contributed by atoms with van der Waals surface area (Å²) in [7, 11) is 1.82. The quantitative estimate of drug-likeness (QED) is 0.386. The average Bonchev–Trinajstić information content (AvgIpc) is 3.13. The van der Waals surface area contributed by atoms with Crippen molar-refractivity contribution >= 4 is 35.8 Å². The van der Waals surface area contributed by atoms with Crippen LogP contribution in [0.2, 0.25) is 0 Å². The van der Waals surface area contributed by atoms with Crippen molar-refractivity contribution < 1.29 is 9.53 Å². The van der Waals surface area contributed by atoms with Crippen molar-refractivity contribution in [2.45, 2.75) is 19.0 Å². The number of carbonyl (C=O) groups is 1. The Morgan fingerprint density at radius 2 is 1.96 bits per heavy atom. The van der Waals surface area contributed by atoms with E-state index in [4.69, 9.17) is 10.5 Å². The molecule has 1 aromatic rings. The average molecular weight is 473 g/mol. The molecular weight excluding hydrogens is 445 g/mol. The molecule has 1 amide bonds. The highest BCUT2D eigenvalue weighted by Gasteiger charge is 2.30. The number of halogens is 1. The lowest BCUT2D eigenvalue weighted by Crippen LogP contribution is -2.46. The molecule has 7 nitrogen and oxygen atoms in total. The number of ether oxygens (including phenoxy) is 1. The lowest BCUT2D eigenvalue weighted by atomic mass is 10.1. The van der Waals surface area contributed by atoms with Crippen LogP contribution in [0.1, 0.15) is 22.3 Å². The first-order valence-corrected chi connectivity index (χ1v) is 8.83. The van der Waals surface area contributed by atoms with Gasteiger partial charge in [-0.1, -0.05) is 12.1 Å². The molecule has 2 fully saturated rings. The minimum Gasteiger partial charge on any atom is -0.379 e. The maximum Gasteiger partial charge on any atom is 0.248 e. The fourth-order valence-electron chi connectivity index (χ4n) is 3.48. The van der Waals surface area contributed by atoms with Crippen LogP contribution in [0, 0.1) is 0 Å². The standard InChI is InChI=1S/C18H27N5O2.HI/c1-20-18(21-12-14-2-4-15(5-3-14)17(19)24)23-7-6-16(13-23)22-8-10-25-11-9-22;/h2-5,16H,6-13H2,1H3,(H2,19,24)(H,20,21);1H. The molecule has 1 atom stereocenters. The van der Waals surface area contributed by atoms with E-state index in [1.54, 1.807) is 12.1 Å². The Kier molecular flexibility index (Phi) is 8.11. The Bertz CT molecular complexity index is 617. The van der Waals surface area contributed by atoms with Crippen molar-refractivity contribution in [3.8, 4) is 0 Å². The molecule has 26 heavy (non-hydrogen) atoms. The van der Waals surface area contributed by atoms with Gasteiger partial charge in [0.2, 0.25) is 5.91 Å². The number of morpholine rings is 1. The van der Waals surface area contributed by atoms with Crippen LogP contribution < -0.4 is 11.1 Å². The highest BCUT2D eigenvalue weighted by Crippen LogP contribution is 2.17. The third-order valence-corrected chi connectivity index (χ3v) is 4.93. The van der Waals surface area contributed by atoms with Crippen LogP contribution in [0.25, 0.3) is 0 Å². The summed E-state index contributed by atoms with van der Waals surface area (Å²) in [6.07, 6.45) is 1.16. The van der Waals surface area contributed by atoms with E-state index in [-0.39, 0.29) is 24.0 Å². The van der Waals surface area contributed by atoms with Gasteiger partial charge >= 0.3 is 0 Å². The van der Waals surface area contributed by atoms with Crippen LogP contribution in [-0.4, -0.2) is 74.1 Å². The maximum atomic E-state index is 11.1. The molecule has 1 unspecified atom stereocenters. The number of amides is 1. The largest absolute Gasteiger partial charge is 0.379 e. The number of rotatable bonds is 4. The Morgan fingerprint density at radius 3 is 2.58 bits per heavy atom. The molecule has 0 spiro atoms. The van der Waals surface area contributed by atoms with E-state index in [0.29, 0.717) is 18.2 Å². The summed E-state index contributed by atoms with van der Waals surface area (Å²) in [5, 5.41) is 3.42.